The molecular formula is C137H154B2ClN5S2. The maximum Gasteiger partial charge on any atom is 0.252 e. The number of anilines is 13. The summed E-state index contributed by atoms with van der Waals surface area (Å²) in [6.07, 6.45) is 10.7. The molecule has 24 rings (SSSR count). The molecule has 2 saturated carbocycles. The smallest absolute Gasteiger partial charge is 0.252 e. The Morgan fingerprint density at radius 3 is 0.952 bits per heavy atom. The molecule has 2 aliphatic carbocycles. The molecule has 8 aliphatic rings. The number of nitrogens with zero attached hydrogens (tertiary/aromatic N) is 5. The lowest BCUT2D eigenvalue weighted by Crippen LogP contribution is -2.64. The van der Waals surface area contributed by atoms with Gasteiger partial charge in [-0.3, -0.25) is 0 Å². The Morgan fingerprint density at radius 2 is 0.599 bits per heavy atom. The van der Waals surface area contributed by atoms with Crippen molar-refractivity contribution in [3.05, 3.63) is 337 Å². The second-order valence-electron chi connectivity index (χ2n) is 54.4. The van der Waals surface area contributed by atoms with Crippen molar-refractivity contribution in [2.75, 3.05) is 24.5 Å². The molecule has 0 amide bonds. The molecule has 2 fully saturated rings. The zero-order valence-electron chi connectivity index (χ0n) is 94.0. The summed E-state index contributed by atoms with van der Waals surface area (Å²) in [4.78, 5) is 13.7. The van der Waals surface area contributed by atoms with Crippen LogP contribution in [0.4, 0.5) is 73.9 Å². The second kappa shape index (κ2) is 34.5. The first-order valence-electron chi connectivity index (χ1n) is 54.9. The first-order chi connectivity index (χ1) is 69.0. The Balaban J connectivity index is 0.000000144. The van der Waals surface area contributed by atoms with Gasteiger partial charge in [-0.15, -0.1) is 22.7 Å². The molecule has 14 aromatic carbocycles. The summed E-state index contributed by atoms with van der Waals surface area (Å²) in [6.45, 7) is 75.8. The molecule has 4 unspecified atom stereocenters. The normalized spacial score (nSPS) is 19.2. The minimum atomic E-state index is -0.136. The fourth-order valence-corrected chi connectivity index (χ4v) is 29.7. The molecule has 10 heteroatoms. The number of aryl methyl sites for hydroxylation is 4. The summed E-state index contributed by atoms with van der Waals surface area (Å²) >= 11 is 11.3. The molecule has 752 valence electrons. The van der Waals surface area contributed by atoms with Crippen molar-refractivity contribution < 1.29 is 0 Å². The van der Waals surface area contributed by atoms with Crippen molar-refractivity contribution in [3.8, 4) is 0 Å². The topological polar surface area (TPSA) is 16.2 Å². The van der Waals surface area contributed by atoms with Gasteiger partial charge in [0.15, 0.2) is 0 Å². The summed E-state index contributed by atoms with van der Waals surface area (Å²) in [5, 5.41) is 6.19. The van der Waals surface area contributed by atoms with Crippen LogP contribution in [-0.2, 0) is 60.6 Å². The summed E-state index contributed by atoms with van der Waals surface area (Å²) in [5.74, 6) is 0. The number of fused-ring (bicyclic) bond motifs is 22. The zero-order valence-corrected chi connectivity index (χ0v) is 96.4. The van der Waals surface area contributed by atoms with E-state index >= 15 is 0 Å². The highest BCUT2D eigenvalue weighted by molar-refractivity contribution is 7.26. The van der Waals surface area contributed by atoms with E-state index in [0.29, 0.717) is 0 Å². The van der Waals surface area contributed by atoms with Gasteiger partial charge in [0.1, 0.15) is 0 Å². The van der Waals surface area contributed by atoms with Crippen LogP contribution in [-0.4, -0.2) is 24.5 Å². The molecule has 4 atom stereocenters. The average molecular weight is 1990 g/mol. The molecule has 2 aromatic heterocycles. The Hall–Kier alpha value is -11.1. The zero-order chi connectivity index (χ0) is 105. The van der Waals surface area contributed by atoms with E-state index in [1.165, 1.54) is 259 Å². The Kier molecular flexibility index (Phi) is 23.6. The number of hydrogen-bond acceptors (Lipinski definition) is 7. The van der Waals surface area contributed by atoms with Crippen LogP contribution in [0.15, 0.2) is 243 Å². The molecule has 0 radical (unpaired) electrons. The van der Waals surface area contributed by atoms with E-state index in [2.05, 4.69) is 489 Å². The molecule has 16 aromatic rings. The van der Waals surface area contributed by atoms with Crippen molar-refractivity contribution in [1.82, 2.24) is 0 Å². The first kappa shape index (κ1) is 100. The monoisotopic (exact) mass is 1990 g/mol. The third kappa shape index (κ3) is 16.1. The van der Waals surface area contributed by atoms with Gasteiger partial charge in [-0.2, -0.15) is 0 Å². The summed E-state index contributed by atoms with van der Waals surface area (Å²) in [7, 11) is 0. The highest BCUT2D eigenvalue weighted by Crippen LogP contribution is 2.67. The number of thiophene rings is 2. The molecule has 147 heavy (non-hydrogen) atoms. The molecule has 0 bridgehead atoms. The fourth-order valence-electron chi connectivity index (χ4n) is 27.3. The standard InChI is InChI=1S/C68H76BN3S.C48H50BClN2S.C21H28/c1-41-35-45(65(9,10)11)36-42(2)60(41)71-54-39-49(70(47-27-23-43(24-28-47)63(3,4)5)48-29-25-44(26-30-48)64(6,7)8)40-55-59(54)69(52-31-32-57-58(62(52)71)50-21-17-18-22-56(50)73-57)53-38-46(66(12,13)14)37-51-61(53)72(55)68(16)34-20-19-33-67(51,68)15;1-27-21-29(45(3,4)5)22-28(2)42(27)51-36-25-31(50)26-37-41(36)49(34-17-18-39-40(44(34)51)32-15-11-12-16-38(32)53-39)35-24-30(46(6,7)8)23-33-43(35)52(37)48(10)20-14-13-19-47(33,48)9;1-20(2,3)18-11-7-16(8-12-18)15-17-9-13-19(14-10-17)21(4,5)6/h17-18,21-32,35-40H,19-20,33-34H2,1-16H3;11-12,15-18,21-26H,13-14,19-20H2,1-10H3;7-14H,15H2,1-6H3. The van der Waals surface area contributed by atoms with Crippen LogP contribution in [0.25, 0.3) is 40.3 Å². The van der Waals surface area contributed by atoms with Crippen LogP contribution in [0.5, 0.6) is 0 Å². The minimum Gasteiger partial charge on any atom is -0.335 e. The van der Waals surface area contributed by atoms with Gasteiger partial charge in [0.25, 0.3) is 13.4 Å². The number of benzene rings is 14. The van der Waals surface area contributed by atoms with E-state index in [0.717, 1.165) is 29.2 Å². The largest absolute Gasteiger partial charge is 0.335 e. The molecule has 8 heterocycles. The quantitative estimate of drug-likeness (QED) is 0.147. The van der Waals surface area contributed by atoms with Gasteiger partial charge in [0.2, 0.25) is 0 Å². The van der Waals surface area contributed by atoms with Gasteiger partial charge in [-0.25, -0.2) is 0 Å². The van der Waals surface area contributed by atoms with Crippen molar-refractivity contribution in [1.29, 1.82) is 0 Å². The van der Waals surface area contributed by atoms with Crippen molar-refractivity contribution >= 4 is 195 Å². The van der Waals surface area contributed by atoms with Crippen LogP contribution < -0.4 is 57.3 Å². The summed E-state index contributed by atoms with van der Waals surface area (Å²) < 4.78 is 5.34. The van der Waals surface area contributed by atoms with Crippen LogP contribution in [0.1, 0.15) is 334 Å². The summed E-state index contributed by atoms with van der Waals surface area (Å²) in [6, 6.07) is 95.3. The number of halogens is 1. The highest BCUT2D eigenvalue weighted by Gasteiger charge is 2.65. The van der Waals surface area contributed by atoms with Gasteiger partial charge < -0.3 is 24.5 Å². The third-order valence-electron chi connectivity index (χ3n) is 36.2. The van der Waals surface area contributed by atoms with Crippen molar-refractivity contribution in [3.63, 3.8) is 0 Å². The summed E-state index contributed by atoms with van der Waals surface area (Å²) in [5.41, 5.74) is 47.9. The van der Waals surface area contributed by atoms with E-state index in [1.807, 2.05) is 22.7 Å². The van der Waals surface area contributed by atoms with Crippen molar-refractivity contribution in [2.45, 2.75) is 345 Å². The molecule has 0 saturated heterocycles. The van der Waals surface area contributed by atoms with E-state index in [9.17, 15) is 0 Å². The predicted molar refractivity (Wildman–Crippen MR) is 647 cm³/mol. The Morgan fingerprint density at radius 1 is 0.293 bits per heavy atom. The Labute approximate surface area is 893 Å². The van der Waals surface area contributed by atoms with Crippen LogP contribution >= 0.6 is 34.3 Å². The molecule has 0 N–H and O–H groups in total. The van der Waals surface area contributed by atoms with Crippen LogP contribution in [0.3, 0.4) is 0 Å². The van der Waals surface area contributed by atoms with E-state index in [4.69, 9.17) is 11.6 Å². The SMILES string of the molecule is CC(C)(C)c1ccc(Cc2ccc(C(C)(C)C)cc2)cc1.Cc1cc(C(C)(C)C)cc(C)c1N1c2cc(Cl)cc3c2B(c2cc(C(C)(C)C)cc4c2N3C2(C)CCCCC42C)c2ccc3sc4ccccc4c3c21.Cc1cc(C(C)(C)C)cc(C)c1N1c2cc(N(c3ccc(C(C)(C)C)cc3)c3ccc(C(C)(C)C)cc3)cc3c2B(c2cc(C(C)(C)C)cc4c2N3C2(C)CCCCC42C)c2ccc3sc4ccccc4c3c21. The lowest BCUT2D eigenvalue weighted by Gasteiger charge is -2.53. The first-order valence-corrected chi connectivity index (χ1v) is 56.9. The van der Waals surface area contributed by atoms with Gasteiger partial charge in [0.05, 0.1) is 39.5 Å². The van der Waals surface area contributed by atoms with Crippen molar-refractivity contribution in [2.24, 2.45) is 0 Å². The molecule has 6 aliphatic heterocycles. The van der Waals surface area contributed by atoms with Gasteiger partial charge >= 0.3 is 0 Å². The lowest BCUT2D eigenvalue weighted by atomic mass is 9.33. The minimum absolute atomic E-state index is 0.00443. The fraction of sp³-hybridized carbons (Fsp3) is 0.387. The number of hydrogen-bond donors (Lipinski definition) is 0. The second-order valence-corrected chi connectivity index (χ2v) is 57.0. The van der Waals surface area contributed by atoms with Gasteiger partial charge in [-0.1, -0.05) is 387 Å². The Bertz CT molecular complexity index is 7890. The lowest BCUT2D eigenvalue weighted by molar-refractivity contribution is 0.195. The van der Waals surface area contributed by atoms with Gasteiger partial charge in [-0.05, 0) is 312 Å². The highest BCUT2D eigenvalue weighted by atomic mass is 35.5. The number of rotatable bonds is 7. The molecule has 0 spiro atoms. The van der Waals surface area contributed by atoms with E-state index in [1.54, 1.807) is 11.1 Å². The van der Waals surface area contributed by atoms with Gasteiger partial charge in [0, 0.05) is 102 Å². The van der Waals surface area contributed by atoms with Crippen LogP contribution in [0.2, 0.25) is 5.02 Å². The van der Waals surface area contributed by atoms with Crippen LogP contribution in [0, 0.1) is 27.7 Å². The molecular weight excluding hydrogens is 1840 g/mol. The molecule has 5 nitrogen and oxygen atoms in total. The van der Waals surface area contributed by atoms with E-state index < -0.39 is 0 Å². The maximum atomic E-state index is 7.42. The van der Waals surface area contributed by atoms with E-state index in [-0.39, 0.29) is 78.7 Å². The average Bonchev–Trinajstić information content (AvgIpc) is 1.51. The predicted octanol–water partition coefficient (Wildman–Crippen LogP) is 35.8. The maximum absolute atomic E-state index is 7.42. The third-order valence-corrected chi connectivity index (χ3v) is 38.7.